The van der Waals surface area contributed by atoms with Crippen LogP contribution in [0, 0.1) is 0 Å². The SMILES string of the molecule is CNC(=O)NCCc1cccc(N)c1. The number of rotatable bonds is 3. The van der Waals surface area contributed by atoms with Crippen molar-refractivity contribution in [3.8, 4) is 0 Å². The molecule has 4 N–H and O–H groups in total. The van der Waals surface area contributed by atoms with E-state index >= 15 is 0 Å². The number of nitrogens with two attached hydrogens (primary N) is 1. The summed E-state index contributed by atoms with van der Waals surface area (Å²) in [6.45, 7) is 0.614. The highest BCUT2D eigenvalue weighted by Gasteiger charge is 1.96. The molecule has 4 heteroatoms. The van der Waals surface area contributed by atoms with Crippen LogP contribution in [0.1, 0.15) is 5.56 Å². The number of carbonyl (C=O) groups is 1. The molecule has 0 radical (unpaired) electrons. The van der Waals surface area contributed by atoms with Crippen LogP contribution < -0.4 is 16.4 Å². The second-order valence-corrected chi connectivity index (χ2v) is 3.00. The summed E-state index contributed by atoms with van der Waals surface area (Å²) in [6.07, 6.45) is 0.790. The van der Waals surface area contributed by atoms with Crippen LogP contribution in [0.25, 0.3) is 0 Å². The van der Waals surface area contributed by atoms with E-state index in [9.17, 15) is 4.79 Å². The minimum Gasteiger partial charge on any atom is -0.399 e. The minimum atomic E-state index is -0.158. The molecule has 2 amide bonds. The van der Waals surface area contributed by atoms with Crippen molar-refractivity contribution in [3.63, 3.8) is 0 Å². The third kappa shape index (κ3) is 3.35. The van der Waals surface area contributed by atoms with Crippen molar-refractivity contribution in [3.05, 3.63) is 29.8 Å². The lowest BCUT2D eigenvalue weighted by atomic mass is 10.1. The molecule has 0 saturated carbocycles. The first kappa shape index (κ1) is 10.4. The van der Waals surface area contributed by atoms with E-state index in [2.05, 4.69) is 10.6 Å². The zero-order valence-corrected chi connectivity index (χ0v) is 8.21. The van der Waals surface area contributed by atoms with Gasteiger partial charge < -0.3 is 16.4 Å². The summed E-state index contributed by atoms with van der Waals surface area (Å²) >= 11 is 0. The van der Waals surface area contributed by atoms with Crippen LogP contribution in [0.5, 0.6) is 0 Å². The van der Waals surface area contributed by atoms with Gasteiger partial charge in [-0.1, -0.05) is 12.1 Å². The number of anilines is 1. The van der Waals surface area contributed by atoms with E-state index in [1.165, 1.54) is 0 Å². The second-order valence-electron chi connectivity index (χ2n) is 3.00. The average Bonchev–Trinajstić information content (AvgIpc) is 2.17. The predicted octanol–water partition coefficient (Wildman–Crippen LogP) is 0.740. The summed E-state index contributed by atoms with van der Waals surface area (Å²) in [5.74, 6) is 0. The van der Waals surface area contributed by atoms with Gasteiger partial charge in [-0.15, -0.1) is 0 Å². The van der Waals surface area contributed by atoms with E-state index < -0.39 is 0 Å². The molecule has 0 atom stereocenters. The number of nitrogen functional groups attached to an aromatic ring is 1. The normalized spacial score (nSPS) is 9.50. The summed E-state index contributed by atoms with van der Waals surface area (Å²) in [7, 11) is 1.59. The Labute approximate surface area is 83.5 Å². The lowest BCUT2D eigenvalue weighted by molar-refractivity contribution is 0.243. The molecular weight excluding hydrogens is 178 g/mol. The maximum atomic E-state index is 10.8. The van der Waals surface area contributed by atoms with Gasteiger partial charge in [-0.05, 0) is 24.1 Å². The van der Waals surface area contributed by atoms with Gasteiger partial charge in [0.2, 0.25) is 0 Å². The first-order chi connectivity index (χ1) is 6.72. The van der Waals surface area contributed by atoms with Crippen molar-refractivity contribution in [2.75, 3.05) is 19.3 Å². The van der Waals surface area contributed by atoms with Crippen LogP contribution in [0.15, 0.2) is 24.3 Å². The van der Waals surface area contributed by atoms with Crippen molar-refractivity contribution in [2.45, 2.75) is 6.42 Å². The Morgan fingerprint density at radius 2 is 2.29 bits per heavy atom. The van der Waals surface area contributed by atoms with Gasteiger partial charge in [0.25, 0.3) is 0 Å². The van der Waals surface area contributed by atoms with Gasteiger partial charge in [-0.2, -0.15) is 0 Å². The third-order valence-electron chi connectivity index (χ3n) is 1.88. The van der Waals surface area contributed by atoms with Crippen LogP contribution >= 0.6 is 0 Å². The van der Waals surface area contributed by atoms with Crippen LogP contribution in [0.2, 0.25) is 0 Å². The van der Waals surface area contributed by atoms with E-state index in [0.29, 0.717) is 6.54 Å². The molecule has 0 unspecified atom stereocenters. The smallest absolute Gasteiger partial charge is 0.314 e. The molecule has 0 aliphatic rings. The van der Waals surface area contributed by atoms with Gasteiger partial charge in [-0.3, -0.25) is 0 Å². The molecule has 76 valence electrons. The second kappa shape index (κ2) is 5.11. The molecule has 0 aliphatic heterocycles. The molecule has 1 aromatic carbocycles. The van der Waals surface area contributed by atoms with Crippen LogP contribution in [0.4, 0.5) is 10.5 Å². The number of benzene rings is 1. The average molecular weight is 193 g/mol. The van der Waals surface area contributed by atoms with Gasteiger partial charge in [-0.25, -0.2) is 4.79 Å². The number of hydrogen-bond donors (Lipinski definition) is 3. The van der Waals surface area contributed by atoms with Crippen molar-refractivity contribution in [2.24, 2.45) is 0 Å². The largest absolute Gasteiger partial charge is 0.399 e. The topological polar surface area (TPSA) is 67.2 Å². The third-order valence-corrected chi connectivity index (χ3v) is 1.88. The maximum absolute atomic E-state index is 10.8. The number of carbonyl (C=O) groups excluding carboxylic acids is 1. The highest BCUT2D eigenvalue weighted by Crippen LogP contribution is 2.06. The molecule has 0 heterocycles. The molecule has 1 rings (SSSR count). The minimum absolute atomic E-state index is 0.158. The Hall–Kier alpha value is -1.71. The van der Waals surface area contributed by atoms with E-state index in [-0.39, 0.29) is 6.03 Å². The molecule has 1 aromatic rings. The zero-order valence-electron chi connectivity index (χ0n) is 8.21. The molecule has 14 heavy (non-hydrogen) atoms. The van der Waals surface area contributed by atoms with Gasteiger partial charge >= 0.3 is 6.03 Å². The van der Waals surface area contributed by atoms with Crippen LogP contribution in [-0.2, 0) is 6.42 Å². The molecule has 0 fully saturated rings. The molecule has 4 nitrogen and oxygen atoms in total. The van der Waals surface area contributed by atoms with Gasteiger partial charge in [0.15, 0.2) is 0 Å². The molecule has 0 spiro atoms. The van der Waals surface area contributed by atoms with E-state index in [4.69, 9.17) is 5.73 Å². The van der Waals surface area contributed by atoms with Crippen molar-refractivity contribution < 1.29 is 4.79 Å². The summed E-state index contributed by atoms with van der Waals surface area (Å²) in [4.78, 5) is 10.8. The highest BCUT2D eigenvalue weighted by atomic mass is 16.2. The summed E-state index contributed by atoms with van der Waals surface area (Å²) in [6, 6.07) is 7.49. The van der Waals surface area contributed by atoms with Crippen LogP contribution in [0.3, 0.4) is 0 Å². The summed E-state index contributed by atoms with van der Waals surface area (Å²) in [5, 5.41) is 5.20. The molecule has 0 aliphatic carbocycles. The van der Waals surface area contributed by atoms with Gasteiger partial charge in [0.1, 0.15) is 0 Å². The maximum Gasteiger partial charge on any atom is 0.314 e. The standard InChI is InChI=1S/C10H15N3O/c1-12-10(14)13-6-5-8-3-2-4-9(11)7-8/h2-4,7H,5-6,11H2,1H3,(H2,12,13,14). The molecular formula is C10H15N3O. The molecule has 0 aromatic heterocycles. The molecule has 0 bridgehead atoms. The van der Waals surface area contributed by atoms with E-state index in [1.54, 1.807) is 7.05 Å². The lowest BCUT2D eigenvalue weighted by Crippen LogP contribution is -2.33. The Bertz CT molecular complexity index is 312. The number of amides is 2. The number of hydrogen-bond acceptors (Lipinski definition) is 2. The Balaban J connectivity index is 2.35. The zero-order chi connectivity index (χ0) is 10.4. The quantitative estimate of drug-likeness (QED) is 0.620. The van der Waals surface area contributed by atoms with Gasteiger partial charge in [0, 0.05) is 19.3 Å². The lowest BCUT2D eigenvalue weighted by Gasteiger charge is -2.04. The number of nitrogens with one attached hydrogen (secondary N) is 2. The van der Waals surface area contributed by atoms with Gasteiger partial charge in [0.05, 0.1) is 0 Å². The fourth-order valence-electron chi connectivity index (χ4n) is 1.16. The monoisotopic (exact) mass is 193 g/mol. The van der Waals surface area contributed by atoms with Crippen molar-refractivity contribution in [1.82, 2.24) is 10.6 Å². The summed E-state index contributed by atoms with van der Waals surface area (Å²) in [5.41, 5.74) is 7.50. The van der Waals surface area contributed by atoms with Crippen LogP contribution in [-0.4, -0.2) is 19.6 Å². The Morgan fingerprint density at radius 1 is 1.50 bits per heavy atom. The predicted molar refractivity (Wildman–Crippen MR) is 57.0 cm³/mol. The van der Waals surface area contributed by atoms with Crippen molar-refractivity contribution in [1.29, 1.82) is 0 Å². The fraction of sp³-hybridized carbons (Fsp3) is 0.300. The Morgan fingerprint density at radius 3 is 2.93 bits per heavy atom. The molecule has 0 saturated heterocycles. The first-order valence-corrected chi connectivity index (χ1v) is 4.52. The first-order valence-electron chi connectivity index (χ1n) is 4.52. The fourth-order valence-corrected chi connectivity index (χ4v) is 1.16. The highest BCUT2D eigenvalue weighted by molar-refractivity contribution is 5.73. The van der Waals surface area contributed by atoms with Crippen molar-refractivity contribution >= 4 is 11.7 Å². The van der Waals surface area contributed by atoms with E-state index in [0.717, 1.165) is 17.7 Å². The summed E-state index contributed by atoms with van der Waals surface area (Å²) < 4.78 is 0. The number of urea groups is 1. The Kier molecular flexibility index (Phi) is 3.79. The van der Waals surface area contributed by atoms with E-state index in [1.807, 2.05) is 24.3 Å².